The third-order valence-corrected chi connectivity index (χ3v) is 8.65. The molecular formula is C25H22ClN5O5S2. The van der Waals surface area contributed by atoms with Crippen LogP contribution in [0.25, 0.3) is 0 Å². The number of nitrogens with one attached hydrogen (secondary N) is 2. The fourth-order valence-electron chi connectivity index (χ4n) is 3.40. The molecule has 0 spiro atoms. The summed E-state index contributed by atoms with van der Waals surface area (Å²) in [7, 11) is -8.11. The summed E-state index contributed by atoms with van der Waals surface area (Å²) in [5.74, 6) is -0.729. The van der Waals surface area contributed by atoms with Gasteiger partial charge in [0.05, 0.1) is 20.5 Å². The molecule has 0 saturated carbocycles. The Morgan fingerprint density at radius 3 is 2.18 bits per heavy atom. The fourth-order valence-corrected chi connectivity index (χ4v) is 6.10. The van der Waals surface area contributed by atoms with Gasteiger partial charge >= 0.3 is 0 Å². The highest BCUT2D eigenvalue weighted by molar-refractivity contribution is 7.93. The topological polar surface area (TPSA) is 138 Å². The van der Waals surface area contributed by atoms with Gasteiger partial charge < -0.3 is 5.32 Å². The van der Waals surface area contributed by atoms with E-state index >= 15 is 0 Å². The zero-order valence-corrected chi connectivity index (χ0v) is 22.3. The molecule has 0 unspecified atom stereocenters. The van der Waals surface area contributed by atoms with Crippen LogP contribution in [0.5, 0.6) is 0 Å². The lowest BCUT2D eigenvalue weighted by molar-refractivity contribution is -0.114. The second-order valence-corrected chi connectivity index (χ2v) is 11.9. The van der Waals surface area contributed by atoms with Crippen molar-refractivity contribution >= 4 is 54.9 Å². The average Bonchev–Trinajstić information content (AvgIpc) is 2.88. The molecule has 0 aliphatic carbocycles. The number of carbonyl (C=O) groups is 1. The van der Waals surface area contributed by atoms with E-state index in [0.717, 1.165) is 4.31 Å². The minimum Gasteiger partial charge on any atom is -0.325 e. The average molecular weight is 572 g/mol. The highest BCUT2D eigenvalue weighted by Gasteiger charge is 2.28. The third-order valence-electron chi connectivity index (χ3n) is 5.21. The summed E-state index contributed by atoms with van der Waals surface area (Å²) in [4.78, 5) is 20.8. The minimum absolute atomic E-state index is 0.00707. The highest BCUT2D eigenvalue weighted by Crippen LogP contribution is 2.30. The van der Waals surface area contributed by atoms with Crippen molar-refractivity contribution < 1.29 is 21.6 Å². The first kappa shape index (κ1) is 27.0. The molecule has 1 amide bonds. The molecule has 0 bridgehead atoms. The number of sulfonamides is 2. The minimum atomic E-state index is -4.13. The summed E-state index contributed by atoms with van der Waals surface area (Å²) in [6, 6.07) is 20.9. The lowest BCUT2D eigenvalue weighted by atomic mass is 10.3. The number of nitrogens with zero attached hydrogens (tertiary/aromatic N) is 3. The van der Waals surface area contributed by atoms with Crippen LogP contribution in [0.1, 0.15) is 5.69 Å². The molecule has 2 N–H and O–H groups in total. The second kappa shape index (κ2) is 11.2. The van der Waals surface area contributed by atoms with Crippen LogP contribution in [0.4, 0.5) is 17.3 Å². The molecule has 3 aromatic carbocycles. The molecule has 0 aliphatic heterocycles. The van der Waals surface area contributed by atoms with Crippen molar-refractivity contribution in [3.63, 3.8) is 0 Å². The molecule has 0 saturated heterocycles. The van der Waals surface area contributed by atoms with Gasteiger partial charge in [-0.1, -0.05) is 41.9 Å². The van der Waals surface area contributed by atoms with Gasteiger partial charge in [-0.2, -0.15) is 0 Å². The largest absolute Gasteiger partial charge is 0.325 e. The Bertz CT molecular complexity index is 1670. The SMILES string of the molecule is Cc1ccnc(NS(=O)(=O)c2ccc(NC(=O)CN(c3ccccc3Cl)S(=O)(=O)c3ccccc3)cc2)n1. The van der Waals surface area contributed by atoms with Crippen molar-refractivity contribution in [3.05, 3.63) is 102 Å². The van der Waals surface area contributed by atoms with Crippen LogP contribution in [-0.2, 0) is 24.8 Å². The number of carbonyl (C=O) groups excluding carboxylic acids is 1. The molecule has 13 heteroatoms. The Balaban J connectivity index is 1.53. The van der Waals surface area contributed by atoms with E-state index in [0.29, 0.717) is 5.69 Å². The van der Waals surface area contributed by atoms with Crippen LogP contribution in [-0.4, -0.2) is 39.3 Å². The van der Waals surface area contributed by atoms with Gasteiger partial charge in [0, 0.05) is 17.6 Å². The van der Waals surface area contributed by atoms with Crippen molar-refractivity contribution in [3.8, 4) is 0 Å². The summed E-state index contributed by atoms with van der Waals surface area (Å²) in [6.45, 7) is 1.13. The Morgan fingerprint density at radius 1 is 0.868 bits per heavy atom. The number of aromatic nitrogens is 2. The molecule has 0 aliphatic rings. The van der Waals surface area contributed by atoms with Crippen LogP contribution in [0.2, 0.25) is 5.02 Å². The van der Waals surface area contributed by atoms with Gasteiger partial charge in [-0.05, 0) is 61.5 Å². The van der Waals surface area contributed by atoms with Crippen LogP contribution < -0.4 is 14.3 Å². The van der Waals surface area contributed by atoms with Gasteiger partial charge in [-0.25, -0.2) is 31.5 Å². The number of halogens is 1. The van der Waals surface area contributed by atoms with Gasteiger partial charge in [-0.15, -0.1) is 0 Å². The lowest BCUT2D eigenvalue weighted by Gasteiger charge is -2.25. The number of rotatable bonds is 9. The van der Waals surface area contributed by atoms with Crippen molar-refractivity contribution in [2.75, 3.05) is 20.9 Å². The number of aryl methyl sites for hydroxylation is 1. The molecule has 10 nitrogen and oxygen atoms in total. The lowest BCUT2D eigenvalue weighted by Crippen LogP contribution is -2.38. The second-order valence-electron chi connectivity index (χ2n) is 7.98. The maximum atomic E-state index is 13.4. The summed E-state index contributed by atoms with van der Waals surface area (Å²) in [5, 5.41) is 2.75. The quantitative estimate of drug-likeness (QED) is 0.309. The zero-order valence-electron chi connectivity index (χ0n) is 19.9. The predicted octanol–water partition coefficient (Wildman–Crippen LogP) is 4.07. The Hall–Kier alpha value is -4.00. The molecular weight excluding hydrogens is 550 g/mol. The summed E-state index contributed by atoms with van der Waals surface area (Å²) < 4.78 is 55.3. The summed E-state index contributed by atoms with van der Waals surface area (Å²) in [5.41, 5.74) is 0.992. The maximum Gasteiger partial charge on any atom is 0.264 e. The van der Waals surface area contributed by atoms with Crippen LogP contribution in [0.15, 0.2) is 101 Å². The van der Waals surface area contributed by atoms with Crippen molar-refractivity contribution in [1.82, 2.24) is 9.97 Å². The van der Waals surface area contributed by atoms with E-state index < -0.39 is 32.5 Å². The van der Waals surface area contributed by atoms with E-state index in [1.807, 2.05) is 0 Å². The molecule has 0 atom stereocenters. The van der Waals surface area contributed by atoms with Gasteiger partial charge in [0.1, 0.15) is 6.54 Å². The third kappa shape index (κ3) is 6.28. The van der Waals surface area contributed by atoms with E-state index in [1.165, 1.54) is 54.7 Å². The first-order chi connectivity index (χ1) is 18.1. The van der Waals surface area contributed by atoms with E-state index in [9.17, 15) is 21.6 Å². The van der Waals surface area contributed by atoms with E-state index in [1.54, 1.807) is 43.3 Å². The summed E-state index contributed by atoms with van der Waals surface area (Å²) >= 11 is 6.27. The maximum absolute atomic E-state index is 13.4. The van der Waals surface area contributed by atoms with Crippen molar-refractivity contribution in [2.45, 2.75) is 16.7 Å². The highest BCUT2D eigenvalue weighted by atomic mass is 35.5. The molecule has 4 rings (SSSR count). The van der Waals surface area contributed by atoms with Crippen molar-refractivity contribution in [2.24, 2.45) is 0 Å². The fraction of sp³-hybridized carbons (Fsp3) is 0.0800. The Labute approximate surface area is 225 Å². The van der Waals surface area contributed by atoms with Gasteiger partial charge in [0.25, 0.3) is 20.0 Å². The number of hydrogen-bond acceptors (Lipinski definition) is 7. The van der Waals surface area contributed by atoms with Gasteiger partial charge in [0.2, 0.25) is 11.9 Å². The number of benzene rings is 3. The Kier molecular flexibility index (Phi) is 7.95. The van der Waals surface area contributed by atoms with Gasteiger partial charge in [0.15, 0.2) is 0 Å². The molecule has 1 heterocycles. The summed E-state index contributed by atoms with van der Waals surface area (Å²) in [6.07, 6.45) is 1.43. The number of anilines is 3. The van der Waals surface area contributed by atoms with E-state index in [2.05, 4.69) is 20.0 Å². The molecule has 0 radical (unpaired) electrons. The number of para-hydroxylation sites is 1. The first-order valence-electron chi connectivity index (χ1n) is 11.1. The molecule has 1 aromatic heterocycles. The van der Waals surface area contributed by atoms with Crippen LogP contribution in [0.3, 0.4) is 0 Å². The molecule has 0 fully saturated rings. The first-order valence-corrected chi connectivity index (χ1v) is 14.4. The van der Waals surface area contributed by atoms with Crippen molar-refractivity contribution in [1.29, 1.82) is 0 Å². The number of hydrogen-bond donors (Lipinski definition) is 2. The predicted molar refractivity (Wildman–Crippen MR) is 145 cm³/mol. The van der Waals surface area contributed by atoms with Crippen LogP contribution in [0, 0.1) is 6.92 Å². The van der Waals surface area contributed by atoms with E-state index in [-0.39, 0.29) is 32.1 Å². The molecule has 4 aromatic rings. The van der Waals surface area contributed by atoms with Crippen LogP contribution >= 0.6 is 11.6 Å². The monoisotopic (exact) mass is 571 g/mol. The smallest absolute Gasteiger partial charge is 0.264 e. The standard InChI is InChI=1S/C25H22ClN5O5S2/c1-18-15-16-27-25(28-18)30-37(33,34)20-13-11-19(12-14-20)29-24(32)17-31(23-10-6-5-9-22(23)26)38(35,36)21-7-3-2-4-8-21/h2-16H,17H2,1H3,(H,29,32)(H,27,28,30). The molecule has 196 valence electrons. The Morgan fingerprint density at radius 2 is 1.53 bits per heavy atom. The van der Waals surface area contributed by atoms with Gasteiger partial charge in [-0.3, -0.25) is 9.10 Å². The van der Waals surface area contributed by atoms with E-state index in [4.69, 9.17) is 11.6 Å². The molecule has 38 heavy (non-hydrogen) atoms. The number of amides is 1. The zero-order chi connectivity index (χ0) is 27.3. The normalized spacial score (nSPS) is 11.5.